The molecule has 1 aliphatic heterocycles. The third kappa shape index (κ3) is 4.29. The first-order valence-corrected chi connectivity index (χ1v) is 6.70. The van der Waals surface area contributed by atoms with Crippen molar-refractivity contribution in [1.29, 1.82) is 0 Å². The number of ether oxygens (including phenoxy) is 1. The summed E-state index contributed by atoms with van der Waals surface area (Å²) in [6.45, 7) is 4.86. The standard InChI is InChI=1S/C13H23NO4/c1-3-18-10(2)13(17)14-9-5-4-6-11(14)7-8-12(15)16/h10-11H,3-9H2,1-2H3,(H,15,16)/t10-,11-/m0/s1. The fraction of sp³-hybridized carbons (Fsp3) is 0.846. The van der Waals surface area contributed by atoms with Crippen molar-refractivity contribution < 1.29 is 19.4 Å². The normalized spacial score (nSPS) is 21.7. The molecule has 0 bridgehead atoms. The van der Waals surface area contributed by atoms with Gasteiger partial charge in [0.15, 0.2) is 0 Å². The number of carbonyl (C=O) groups excluding carboxylic acids is 1. The molecule has 1 aliphatic rings. The van der Waals surface area contributed by atoms with E-state index in [9.17, 15) is 9.59 Å². The van der Waals surface area contributed by atoms with E-state index in [0.29, 0.717) is 13.0 Å². The maximum absolute atomic E-state index is 12.2. The van der Waals surface area contributed by atoms with Crippen molar-refractivity contribution >= 4 is 11.9 Å². The SMILES string of the molecule is CCO[C@@H](C)C(=O)N1CCCC[C@H]1CCC(=O)O. The van der Waals surface area contributed by atoms with Crippen LogP contribution in [0.2, 0.25) is 0 Å². The van der Waals surface area contributed by atoms with Crippen LogP contribution in [-0.4, -0.2) is 47.2 Å². The highest BCUT2D eigenvalue weighted by Gasteiger charge is 2.29. The Bertz CT molecular complexity index is 293. The Balaban J connectivity index is 2.57. The van der Waals surface area contributed by atoms with E-state index < -0.39 is 12.1 Å². The second kappa shape index (κ2) is 7.36. The molecule has 0 unspecified atom stereocenters. The molecule has 1 amide bonds. The fourth-order valence-corrected chi connectivity index (χ4v) is 2.44. The molecule has 5 nitrogen and oxygen atoms in total. The van der Waals surface area contributed by atoms with E-state index in [2.05, 4.69) is 0 Å². The summed E-state index contributed by atoms with van der Waals surface area (Å²) in [5.74, 6) is -0.808. The third-order valence-corrected chi connectivity index (χ3v) is 3.37. The van der Waals surface area contributed by atoms with E-state index in [4.69, 9.17) is 9.84 Å². The average molecular weight is 257 g/mol. The number of carbonyl (C=O) groups is 2. The van der Waals surface area contributed by atoms with Crippen molar-refractivity contribution in [2.24, 2.45) is 0 Å². The molecule has 1 saturated heterocycles. The Hall–Kier alpha value is -1.10. The molecule has 0 aromatic heterocycles. The Morgan fingerprint density at radius 1 is 1.44 bits per heavy atom. The van der Waals surface area contributed by atoms with Crippen molar-refractivity contribution in [1.82, 2.24) is 4.90 Å². The van der Waals surface area contributed by atoms with Crippen LogP contribution < -0.4 is 0 Å². The number of rotatable bonds is 6. The number of carboxylic acids is 1. The summed E-state index contributed by atoms with van der Waals surface area (Å²) < 4.78 is 5.32. The van der Waals surface area contributed by atoms with Crippen LogP contribution in [-0.2, 0) is 14.3 Å². The van der Waals surface area contributed by atoms with E-state index in [1.54, 1.807) is 6.92 Å². The van der Waals surface area contributed by atoms with Crippen LogP contribution in [0.5, 0.6) is 0 Å². The first-order chi connectivity index (χ1) is 8.56. The second-order valence-electron chi connectivity index (χ2n) is 4.71. The minimum atomic E-state index is -0.800. The largest absolute Gasteiger partial charge is 0.481 e. The number of nitrogens with zero attached hydrogens (tertiary/aromatic N) is 1. The van der Waals surface area contributed by atoms with Gasteiger partial charge in [0, 0.05) is 25.6 Å². The highest BCUT2D eigenvalue weighted by Crippen LogP contribution is 2.22. The van der Waals surface area contributed by atoms with Crippen LogP contribution in [0.25, 0.3) is 0 Å². The van der Waals surface area contributed by atoms with Gasteiger partial charge in [-0.1, -0.05) is 0 Å². The lowest BCUT2D eigenvalue weighted by molar-refractivity contribution is -0.147. The van der Waals surface area contributed by atoms with Gasteiger partial charge in [-0.3, -0.25) is 9.59 Å². The Morgan fingerprint density at radius 2 is 2.17 bits per heavy atom. The monoisotopic (exact) mass is 257 g/mol. The molecule has 0 aromatic rings. The van der Waals surface area contributed by atoms with Gasteiger partial charge in [-0.2, -0.15) is 0 Å². The summed E-state index contributed by atoms with van der Waals surface area (Å²) in [7, 11) is 0. The molecular weight excluding hydrogens is 234 g/mol. The minimum absolute atomic E-state index is 0.00746. The van der Waals surface area contributed by atoms with E-state index >= 15 is 0 Å². The topological polar surface area (TPSA) is 66.8 Å². The zero-order valence-corrected chi connectivity index (χ0v) is 11.2. The molecule has 0 radical (unpaired) electrons. The van der Waals surface area contributed by atoms with E-state index in [0.717, 1.165) is 25.8 Å². The zero-order chi connectivity index (χ0) is 13.5. The molecule has 5 heteroatoms. The van der Waals surface area contributed by atoms with Crippen molar-refractivity contribution in [2.75, 3.05) is 13.2 Å². The number of hydrogen-bond acceptors (Lipinski definition) is 3. The zero-order valence-electron chi connectivity index (χ0n) is 11.2. The molecule has 1 heterocycles. The predicted molar refractivity (Wildman–Crippen MR) is 67.3 cm³/mol. The first kappa shape index (κ1) is 15.0. The molecule has 1 fully saturated rings. The quantitative estimate of drug-likeness (QED) is 0.785. The van der Waals surface area contributed by atoms with Crippen LogP contribution in [0.4, 0.5) is 0 Å². The number of likely N-dealkylation sites (tertiary alicyclic amines) is 1. The van der Waals surface area contributed by atoms with E-state index in [1.165, 1.54) is 0 Å². The summed E-state index contributed by atoms with van der Waals surface area (Å²) in [4.78, 5) is 24.6. The van der Waals surface area contributed by atoms with Gasteiger partial charge in [0.1, 0.15) is 6.10 Å². The Kier molecular flexibility index (Phi) is 6.12. The molecule has 0 spiro atoms. The van der Waals surface area contributed by atoms with Crippen LogP contribution in [0.1, 0.15) is 46.0 Å². The van der Waals surface area contributed by atoms with Crippen molar-refractivity contribution in [3.8, 4) is 0 Å². The third-order valence-electron chi connectivity index (χ3n) is 3.37. The highest BCUT2D eigenvalue weighted by molar-refractivity contribution is 5.81. The van der Waals surface area contributed by atoms with Crippen LogP contribution in [0, 0.1) is 0 Å². The summed E-state index contributed by atoms with van der Waals surface area (Å²) in [5.41, 5.74) is 0. The Labute approximate surface area is 108 Å². The van der Waals surface area contributed by atoms with Crippen LogP contribution in [0.15, 0.2) is 0 Å². The lowest BCUT2D eigenvalue weighted by Crippen LogP contribution is -2.48. The van der Waals surface area contributed by atoms with Gasteiger partial charge in [0.2, 0.25) is 0 Å². The van der Waals surface area contributed by atoms with Crippen molar-refractivity contribution in [3.63, 3.8) is 0 Å². The maximum atomic E-state index is 12.2. The molecule has 1 rings (SSSR count). The molecule has 0 saturated carbocycles. The summed E-state index contributed by atoms with van der Waals surface area (Å²) in [6, 6.07) is 0.0604. The summed E-state index contributed by atoms with van der Waals surface area (Å²) in [6.07, 6.45) is 3.20. The van der Waals surface area contributed by atoms with Crippen LogP contribution in [0.3, 0.4) is 0 Å². The maximum Gasteiger partial charge on any atom is 0.303 e. The number of aliphatic carboxylic acids is 1. The minimum Gasteiger partial charge on any atom is -0.481 e. The molecular formula is C13H23NO4. The van der Waals surface area contributed by atoms with Gasteiger partial charge >= 0.3 is 5.97 Å². The van der Waals surface area contributed by atoms with Gasteiger partial charge < -0.3 is 14.7 Å². The molecule has 1 N–H and O–H groups in total. The summed E-state index contributed by atoms with van der Waals surface area (Å²) >= 11 is 0. The smallest absolute Gasteiger partial charge is 0.303 e. The average Bonchev–Trinajstić information content (AvgIpc) is 2.36. The van der Waals surface area contributed by atoms with E-state index in [1.807, 2.05) is 11.8 Å². The lowest BCUT2D eigenvalue weighted by atomic mass is 9.97. The van der Waals surface area contributed by atoms with Gasteiger partial charge in [0.05, 0.1) is 0 Å². The first-order valence-electron chi connectivity index (χ1n) is 6.70. The highest BCUT2D eigenvalue weighted by atomic mass is 16.5. The van der Waals surface area contributed by atoms with Crippen molar-refractivity contribution in [3.05, 3.63) is 0 Å². The fourth-order valence-electron chi connectivity index (χ4n) is 2.44. The van der Waals surface area contributed by atoms with Gasteiger partial charge in [-0.05, 0) is 39.5 Å². The molecule has 0 aromatic carbocycles. The number of amides is 1. The molecule has 0 aliphatic carbocycles. The second-order valence-corrected chi connectivity index (χ2v) is 4.71. The van der Waals surface area contributed by atoms with Crippen molar-refractivity contribution in [2.45, 2.75) is 58.1 Å². The lowest BCUT2D eigenvalue weighted by Gasteiger charge is -2.37. The van der Waals surface area contributed by atoms with Gasteiger partial charge in [-0.15, -0.1) is 0 Å². The Morgan fingerprint density at radius 3 is 2.78 bits per heavy atom. The van der Waals surface area contributed by atoms with Crippen LogP contribution >= 0.6 is 0 Å². The van der Waals surface area contributed by atoms with Gasteiger partial charge in [-0.25, -0.2) is 0 Å². The predicted octanol–water partition coefficient (Wildman–Crippen LogP) is 1.66. The number of piperidine rings is 1. The molecule has 18 heavy (non-hydrogen) atoms. The number of carboxylic acid groups (broad SMARTS) is 1. The van der Waals surface area contributed by atoms with E-state index in [-0.39, 0.29) is 18.4 Å². The summed E-state index contributed by atoms with van der Waals surface area (Å²) in [5, 5.41) is 8.73. The number of hydrogen-bond donors (Lipinski definition) is 1. The van der Waals surface area contributed by atoms with Gasteiger partial charge in [0.25, 0.3) is 5.91 Å². The molecule has 2 atom stereocenters. The molecule has 104 valence electrons.